The van der Waals surface area contributed by atoms with E-state index in [-0.39, 0.29) is 11.3 Å². The Bertz CT molecular complexity index is 439. The van der Waals surface area contributed by atoms with Gasteiger partial charge in [-0.3, -0.25) is 9.78 Å². The van der Waals surface area contributed by atoms with Crippen molar-refractivity contribution in [2.24, 2.45) is 5.92 Å². The maximum absolute atomic E-state index is 11.6. The van der Waals surface area contributed by atoms with E-state index in [0.717, 1.165) is 12.1 Å². The molecule has 1 aromatic rings. The molecule has 4 nitrogen and oxygen atoms in total. The normalized spacial score (nSPS) is 19.8. The Morgan fingerprint density at radius 3 is 2.93 bits per heavy atom. The van der Waals surface area contributed by atoms with E-state index in [1.54, 1.807) is 0 Å². The Morgan fingerprint density at radius 1 is 1.53 bits per heavy atom. The first-order valence-corrected chi connectivity index (χ1v) is 4.83. The van der Waals surface area contributed by atoms with Crippen LogP contribution in [-0.2, 0) is 6.42 Å². The molecule has 1 aliphatic carbocycles. The smallest absolute Gasteiger partial charge is 0.337 e. The minimum absolute atomic E-state index is 0.000602. The van der Waals surface area contributed by atoms with Gasteiger partial charge in [0.25, 0.3) is 0 Å². The minimum atomic E-state index is -1.04. The maximum atomic E-state index is 11.6. The fraction of sp³-hybridized carbons (Fsp3) is 0.364. The largest absolute Gasteiger partial charge is 0.478 e. The van der Waals surface area contributed by atoms with Crippen molar-refractivity contribution in [2.45, 2.75) is 19.8 Å². The zero-order chi connectivity index (χ0) is 11.0. The summed E-state index contributed by atoms with van der Waals surface area (Å²) in [6.07, 6.45) is 2.55. The monoisotopic (exact) mass is 205 g/mol. The average molecular weight is 205 g/mol. The molecule has 0 amide bonds. The lowest BCUT2D eigenvalue weighted by Gasteiger charge is -2.19. The van der Waals surface area contributed by atoms with Crippen molar-refractivity contribution in [1.29, 1.82) is 0 Å². The molecule has 1 aromatic heterocycles. The highest BCUT2D eigenvalue weighted by atomic mass is 16.4. The lowest BCUT2D eigenvalue weighted by Crippen LogP contribution is -2.20. The summed E-state index contributed by atoms with van der Waals surface area (Å²) in [6.45, 7) is 1.99. The molecule has 78 valence electrons. The minimum Gasteiger partial charge on any atom is -0.478 e. The van der Waals surface area contributed by atoms with Crippen LogP contribution in [0.2, 0.25) is 0 Å². The molecule has 0 radical (unpaired) electrons. The highest BCUT2D eigenvalue weighted by Crippen LogP contribution is 2.24. The third-order valence-electron chi connectivity index (χ3n) is 2.59. The molecule has 2 rings (SSSR count). The molecule has 1 unspecified atom stereocenters. The van der Waals surface area contributed by atoms with Crippen LogP contribution in [0.4, 0.5) is 0 Å². The zero-order valence-electron chi connectivity index (χ0n) is 8.36. The molecule has 0 spiro atoms. The van der Waals surface area contributed by atoms with Crippen molar-refractivity contribution in [3.05, 3.63) is 29.1 Å². The third kappa shape index (κ3) is 1.75. The van der Waals surface area contributed by atoms with Gasteiger partial charge < -0.3 is 5.11 Å². The zero-order valence-corrected chi connectivity index (χ0v) is 8.36. The van der Waals surface area contributed by atoms with E-state index in [4.69, 9.17) is 5.11 Å². The van der Waals surface area contributed by atoms with Crippen LogP contribution in [0, 0.1) is 5.92 Å². The topological polar surface area (TPSA) is 67.3 Å². The molecule has 0 saturated carbocycles. The van der Waals surface area contributed by atoms with Crippen molar-refractivity contribution in [3.8, 4) is 0 Å². The summed E-state index contributed by atoms with van der Waals surface area (Å²) in [4.78, 5) is 26.4. The Hall–Kier alpha value is -1.71. The van der Waals surface area contributed by atoms with E-state index < -0.39 is 5.97 Å². The van der Waals surface area contributed by atoms with Crippen LogP contribution in [0.15, 0.2) is 12.3 Å². The van der Waals surface area contributed by atoms with Crippen molar-refractivity contribution in [3.63, 3.8) is 0 Å². The van der Waals surface area contributed by atoms with E-state index in [2.05, 4.69) is 4.98 Å². The molecule has 0 saturated heterocycles. The van der Waals surface area contributed by atoms with E-state index in [9.17, 15) is 9.59 Å². The first-order valence-electron chi connectivity index (χ1n) is 4.83. The number of carboxylic acids is 1. The fourth-order valence-electron chi connectivity index (χ4n) is 1.84. The van der Waals surface area contributed by atoms with Crippen LogP contribution in [0.25, 0.3) is 0 Å². The summed E-state index contributed by atoms with van der Waals surface area (Å²) >= 11 is 0. The van der Waals surface area contributed by atoms with Gasteiger partial charge in [0.1, 0.15) is 0 Å². The van der Waals surface area contributed by atoms with E-state index >= 15 is 0 Å². The van der Waals surface area contributed by atoms with Gasteiger partial charge in [0.05, 0.1) is 11.3 Å². The van der Waals surface area contributed by atoms with Crippen LogP contribution in [0.3, 0.4) is 0 Å². The van der Waals surface area contributed by atoms with E-state index in [0.29, 0.717) is 17.9 Å². The predicted octanol–water partition coefficient (Wildman–Crippen LogP) is 1.54. The summed E-state index contributed by atoms with van der Waals surface area (Å²) in [7, 11) is 0. The lowest BCUT2D eigenvalue weighted by atomic mass is 9.87. The number of carbonyl (C=O) groups is 2. The molecule has 1 N–H and O–H groups in total. The standard InChI is InChI=1S/C11H11NO3/c1-6-2-9-8(10(13)3-6)4-7(5-12-9)11(14)15/h4-6H,2-3H2,1H3,(H,14,15). The van der Waals surface area contributed by atoms with Gasteiger partial charge in [-0.15, -0.1) is 0 Å². The highest BCUT2D eigenvalue weighted by molar-refractivity contribution is 6.00. The predicted molar refractivity (Wildman–Crippen MR) is 53.0 cm³/mol. The number of Topliss-reactive ketones (excluding diaryl/α,β-unsaturated/α-hetero) is 1. The van der Waals surface area contributed by atoms with Gasteiger partial charge in [0.15, 0.2) is 5.78 Å². The van der Waals surface area contributed by atoms with Crippen LogP contribution in [-0.4, -0.2) is 21.8 Å². The first kappa shape index (κ1) is 9.83. The van der Waals surface area contributed by atoms with E-state index in [1.807, 2.05) is 6.92 Å². The summed E-state index contributed by atoms with van der Waals surface area (Å²) in [5.41, 5.74) is 1.29. The number of carboxylic acid groups (broad SMARTS) is 1. The molecule has 15 heavy (non-hydrogen) atoms. The summed E-state index contributed by atoms with van der Waals surface area (Å²) in [6, 6.07) is 1.43. The van der Waals surface area contributed by atoms with Crippen molar-refractivity contribution in [2.75, 3.05) is 0 Å². The van der Waals surface area contributed by atoms with Gasteiger partial charge in [-0.2, -0.15) is 0 Å². The number of carbonyl (C=O) groups excluding carboxylic acids is 1. The highest BCUT2D eigenvalue weighted by Gasteiger charge is 2.24. The number of fused-ring (bicyclic) bond motifs is 1. The average Bonchev–Trinajstić information content (AvgIpc) is 2.16. The Kier molecular flexibility index (Phi) is 2.26. The van der Waals surface area contributed by atoms with Gasteiger partial charge in [-0.05, 0) is 18.4 Å². The Labute approximate surface area is 87.0 Å². The number of hydrogen-bond donors (Lipinski definition) is 1. The molecule has 0 bridgehead atoms. The summed E-state index contributed by atoms with van der Waals surface area (Å²) in [5.74, 6) is -0.746. The molecule has 0 aliphatic heterocycles. The molecule has 0 fully saturated rings. The number of aromatic carboxylic acids is 1. The second-order valence-electron chi connectivity index (χ2n) is 3.96. The molecule has 4 heteroatoms. The van der Waals surface area contributed by atoms with Crippen LogP contribution in [0.1, 0.15) is 39.8 Å². The molecular formula is C11H11NO3. The van der Waals surface area contributed by atoms with Crippen molar-refractivity contribution in [1.82, 2.24) is 4.98 Å². The van der Waals surface area contributed by atoms with Gasteiger partial charge >= 0.3 is 5.97 Å². The summed E-state index contributed by atoms with van der Waals surface area (Å²) < 4.78 is 0. The van der Waals surface area contributed by atoms with Gasteiger partial charge in [0, 0.05) is 18.2 Å². The third-order valence-corrected chi connectivity index (χ3v) is 2.59. The van der Waals surface area contributed by atoms with Gasteiger partial charge in [-0.25, -0.2) is 4.79 Å². The van der Waals surface area contributed by atoms with Crippen LogP contribution < -0.4 is 0 Å². The van der Waals surface area contributed by atoms with Gasteiger partial charge in [0.2, 0.25) is 0 Å². The SMILES string of the molecule is CC1CC(=O)c2cc(C(=O)O)cnc2C1. The van der Waals surface area contributed by atoms with Crippen LogP contribution in [0.5, 0.6) is 0 Å². The first-order chi connectivity index (χ1) is 7.08. The fourth-order valence-corrected chi connectivity index (χ4v) is 1.84. The number of aromatic nitrogens is 1. The lowest BCUT2D eigenvalue weighted by molar-refractivity contribution is 0.0696. The number of hydrogen-bond acceptors (Lipinski definition) is 3. The molecule has 0 aromatic carbocycles. The number of pyridine rings is 1. The molecule has 1 atom stereocenters. The summed E-state index contributed by atoms with van der Waals surface area (Å²) in [5, 5.41) is 8.77. The quantitative estimate of drug-likeness (QED) is 0.755. The second kappa shape index (κ2) is 3.46. The number of nitrogens with zero attached hydrogens (tertiary/aromatic N) is 1. The van der Waals surface area contributed by atoms with Crippen molar-refractivity contribution < 1.29 is 14.7 Å². The number of ketones is 1. The second-order valence-corrected chi connectivity index (χ2v) is 3.96. The maximum Gasteiger partial charge on any atom is 0.337 e. The van der Waals surface area contributed by atoms with Crippen molar-refractivity contribution >= 4 is 11.8 Å². The number of rotatable bonds is 1. The van der Waals surface area contributed by atoms with E-state index in [1.165, 1.54) is 12.3 Å². The molecule has 1 aliphatic rings. The van der Waals surface area contributed by atoms with Crippen LogP contribution >= 0.6 is 0 Å². The molecular weight excluding hydrogens is 194 g/mol. The Balaban J connectivity index is 2.48. The Morgan fingerprint density at radius 2 is 2.27 bits per heavy atom. The molecule has 1 heterocycles. The van der Waals surface area contributed by atoms with Gasteiger partial charge in [-0.1, -0.05) is 6.92 Å².